The number of aromatic nitrogens is 2. The number of Topliss-reactive ketones (excluding diaryl/α,β-unsaturated/α-hetero) is 1. The maximum Gasteiger partial charge on any atom is 0.396 e. The van der Waals surface area contributed by atoms with Crippen LogP contribution >= 0.6 is 0 Å². The predicted octanol–water partition coefficient (Wildman–Crippen LogP) is 2.44. The van der Waals surface area contributed by atoms with E-state index >= 15 is 0 Å². The van der Waals surface area contributed by atoms with Crippen LogP contribution in [-0.2, 0) is 6.54 Å². The standard InChI is InChI=1S/C10H13F3N2O2/c1-3-4-15-9(8(17-2)6-14-15)7(16)5-10(11,12)13/h6H,3-5H2,1-2H3. The molecule has 0 radical (unpaired) electrons. The van der Waals surface area contributed by atoms with Gasteiger partial charge in [-0.15, -0.1) is 0 Å². The molecule has 96 valence electrons. The van der Waals surface area contributed by atoms with E-state index in [4.69, 9.17) is 4.74 Å². The van der Waals surface area contributed by atoms with Crippen molar-refractivity contribution in [2.24, 2.45) is 0 Å². The molecule has 0 aliphatic rings. The van der Waals surface area contributed by atoms with Crippen molar-refractivity contribution in [3.05, 3.63) is 11.9 Å². The molecule has 0 N–H and O–H groups in total. The van der Waals surface area contributed by atoms with Crippen molar-refractivity contribution >= 4 is 5.78 Å². The Morgan fingerprint density at radius 2 is 2.18 bits per heavy atom. The Kier molecular flexibility index (Phi) is 4.14. The largest absolute Gasteiger partial charge is 0.493 e. The first-order valence-corrected chi connectivity index (χ1v) is 5.08. The Bertz CT molecular complexity index is 399. The molecule has 1 rings (SSSR count). The monoisotopic (exact) mass is 250 g/mol. The van der Waals surface area contributed by atoms with Crippen LogP contribution in [0.2, 0.25) is 0 Å². The molecule has 0 amide bonds. The maximum atomic E-state index is 12.2. The average molecular weight is 250 g/mol. The van der Waals surface area contributed by atoms with Crippen molar-refractivity contribution in [2.45, 2.75) is 32.5 Å². The van der Waals surface area contributed by atoms with E-state index in [1.807, 2.05) is 6.92 Å². The fraction of sp³-hybridized carbons (Fsp3) is 0.600. The highest BCUT2D eigenvalue weighted by molar-refractivity contribution is 5.97. The van der Waals surface area contributed by atoms with Crippen molar-refractivity contribution in [1.29, 1.82) is 0 Å². The van der Waals surface area contributed by atoms with Crippen LogP contribution in [0.5, 0.6) is 5.75 Å². The lowest BCUT2D eigenvalue weighted by Gasteiger charge is -2.09. The SMILES string of the molecule is CCCn1ncc(OC)c1C(=O)CC(F)(F)F. The molecule has 17 heavy (non-hydrogen) atoms. The molecule has 1 aromatic heterocycles. The van der Waals surface area contributed by atoms with Crippen molar-refractivity contribution in [2.75, 3.05) is 7.11 Å². The third-order valence-corrected chi connectivity index (χ3v) is 2.09. The fourth-order valence-corrected chi connectivity index (χ4v) is 1.45. The lowest BCUT2D eigenvalue weighted by atomic mass is 10.2. The van der Waals surface area contributed by atoms with E-state index in [-0.39, 0.29) is 11.4 Å². The van der Waals surface area contributed by atoms with Crippen molar-refractivity contribution in [3.63, 3.8) is 0 Å². The Morgan fingerprint density at radius 3 is 2.65 bits per heavy atom. The molecule has 0 bridgehead atoms. The summed E-state index contributed by atoms with van der Waals surface area (Å²) >= 11 is 0. The second kappa shape index (κ2) is 5.20. The van der Waals surface area contributed by atoms with Crippen LogP contribution in [0.15, 0.2) is 6.20 Å². The van der Waals surface area contributed by atoms with E-state index in [1.54, 1.807) is 0 Å². The van der Waals surface area contributed by atoms with E-state index in [2.05, 4.69) is 5.10 Å². The van der Waals surface area contributed by atoms with Crippen LogP contribution in [0.3, 0.4) is 0 Å². The first-order chi connectivity index (χ1) is 7.89. The quantitative estimate of drug-likeness (QED) is 0.754. The zero-order chi connectivity index (χ0) is 13.1. The Morgan fingerprint density at radius 1 is 1.53 bits per heavy atom. The molecule has 0 aliphatic heterocycles. The molecule has 0 aliphatic carbocycles. The number of nitrogens with zero attached hydrogens (tertiary/aromatic N) is 2. The smallest absolute Gasteiger partial charge is 0.396 e. The van der Waals surface area contributed by atoms with Crippen LogP contribution in [-0.4, -0.2) is 28.8 Å². The van der Waals surface area contributed by atoms with Crippen LogP contribution in [0.1, 0.15) is 30.3 Å². The Hall–Kier alpha value is -1.53. The molecular weight excluding hydrogens is 237 g/mol. The van der Waals surface area contributed by atoms with Gasteiger partial charge in [-0.3, -0.25) is 9.48 Å². The molecular formula is C10H13F3N2O2. The number of ether oxygens (including phenoxy) is 1. The summed E-state index contributed by atoms with van der Waals surface area (Å²) in [4.78, 5) is 11.5. The summed E-state index contributed by atoms with van der Waals surface area (Å²) in [6, 6.07) is 0. The maximum absolute atomic E-state index is 12.2. The van der Waals surface area contributed by atoms with Gasteiger partial charge in [0.05, 0.1) is 13.3 Å². The summed E-state index contributed by atoms with van der Waals surface area (Å²) in [6.45, 7) is 2.22. The van der Waals surface area contributed by atoms with E-state index in [0.29, 0.717) is 13.0 Å². The average Bonchev–Trinajstić information content (AvgIpc) is 2.58. The van der Waals surface area contributed by atoms with Crippen LogP contribution in [0.25, 0.3) is 0 Å². The lowest BCUT2D eigenvalue weighted by molar-refractivity contribution is -0.125. The zero-order valence-electron chi connectivity index (χ0n) is 9.54. The first-order valence-electron chi connectivity index (χ1n) is 5.08. The van der Waals surface area contributed by atoms with E-state index in [9.17, 15) is 18.0 Å². The predicted molar refractivity (Wildman–Crippen MR) is 54.1 cm³/mol. The number of hydrogen-bond acceptors (Lipinski definition) is 3. The number of alkyl halides is 3. The number of methoxy groups -OCH3 is 1. The summed E-state index contributed by atoms with van der Waals surface area (Å²) in [7, 11) is 1.29. The Balaban J connectivity index is 3.01. The molecule has 0 saturated carbocycles. The molecule has 0 atom stereocenters. The lowest BCUT2D eigenvalue weighted by Crippen LogP contribution is -2.19. The molecule has 7 heteroatoms. The van der Waals surface area contributed by atoms with Gasteiger partial charge in [-0.2, -0.15) is 18.3 Å². The second-order valence-electron chi connectivity index (χ2n) is 3.50. The minimum absolute atomic E-state index is 0.0766. The number of rotatable bonds is 5. The topological polar surface area (TPSA) is 44.1 Å². The zero-order valence-corrected chi connectivity index (χ0v) is 9.54. The fourth-order valence-electron chi connectivity index (χ4n) is 1.45. The van der Waals surface area contributed by atoms with Gasteiger partial charge in [-0.1, -0.05) is 6.92 Å². The number of hydrogen-bond donors (Lipinski definition) is 0. The molecule has 0 aromatic carbocycles. The van der Waals surface area contributed by atoms with Gasteiger partial charge < -0.3 is 4.74 Å². The molecule has 1 heterocycles. The van der Waals surface area contributed by atoms with E-state index in [1.165, 1.54) is 18.0 Å². The van der Waals surface area contributed by atoms with E-state index in [0.717, 1.165) is 0 Å². The molecule has 4 nitrogen and oxygen atoms in total. The van der Waals surface area contributed by atoms with Gasteiger partial charge in [0.25, 0.3) is 0 Å². The molecule has 0 fully saturated rings. The van der Waals surface area contributed by atoms with Crippen molar-refractivity contribution in [1.82, 2.24) is 9.78 Å². The van der Waals surface area contributed by atoms with Gasteiger partial charge in [-0.25, -0.2) is 0 Å². The van der Waals surface area contributed by atoms with Gasteiger partial charge in [-0.05, 0) is 6.42 Å². The first kappa shape index (κ1) is 13.5. The number of halogens is 3. The number of carbonyl (C=O) groups is 1. The van der Waals surface area contributed by atoms with Crippen LogP contribution < -0.4 is 4.74 Å². The summed E-state index contributed by atoms with van der Waals surface area (Å²) in [5.74, 6) is -0.951. The summed E-state index contributed by atoms with van der Waals surface area (Å²) in [5.41, 5.74) is -0.119. The number of aryl methyl sites for hydroxylation is 1. The van der Waals surface area contributed by atoms with Gasteiger partial charge in [0.15, 0.2) is 11.5 Å². The van der Waals surface area contributed by atoms with E-state index < -0.39 is 18.4 Å². The minimum Gasteiger partial charge on any atom is -0.493 e. The summed E-state index contributed by atoms with van der Waals surface area (Å²) < 4.78 is 42.6. The second-order valence-corrected chi connectivity index (χ2v) is 3.50. The van der Waals surface area contributed by atoms with Gasteiger partial charge >= 0.3 is 6.18 Å². The number of carbonyl (C=O) groups excluding carboxylic acids is 1. The highest BCUT2D eigenvalue weighted by Crippen LogP contribution is 2.26. The third kappa shape index (κ3) is 3.47. The van der Waals surface area contributed by atoms with Gasteiger partial charge in [0.2, 0.25) is 0 Å². The Labute approximate surface area is 96.4 Å². The minimum atomic E-state index is -4.52. The molecule has 0 saturated heterocycles. The van der Waals surface area contributed by atoms with Gasteiger partial charge in [0, 0.05) is 6.54 Å². The number of ketones is 1. The van der Waals surface area contributed by atoms with Crippen molar-refractivity contribution in [3.8, 4) is 5.75 Å². The normalized spacial score (nSPS) is 11.6. The molecule has 0 spiro atoms. The highest BCUT2D eigenvalue weighted by Gasteiger charge is 2.34. The molecule has 0 unspecified atom stereocenters. The third-order valence-electron chi connectivity index (χ3n) is 2.09. The summed E-state index contributed by atoms with van der Waals surface area (Å²) in [5, 5.41) is 3.83. The van der Waals surface area contributed by atoms with Crippen LogP contribution in [0, 0.1) is 0 Å². The highest BCUT2D eigenvalue weighted by atomic mass is 19.4. The van der Waals surface area contributed by atoms with Crippen molar-refractivity contribution < 1.29 is 22.7 Å². The molecule has 1 aromatic rings. The van der Waals surface area contributed by atoms with Crippen LogP contribution in [0.4, 0.5) is 13.2 Å². The summed E-state index contributed by atoms with van der Waals surface area (Å²) in [6.07, 6.45) is -4.11. The van der Waals surface area contributed by atoms with Gasteiger partial charge in [0.1, 0.15) is 12.1 Å².